The summed E-state index contributed by atoms with van der Waals surface area (Å²) in [6.45, 7) is 5.58. The molecule has 0 amide bonds. The molecule has 18 heavy (non-hydrogen) atoms. The second-order valence-corrected chi connectivity index (χ2v) is 3.36. The van der Waals surface area contributed by atoms with Crippen molar-refractivity contribution in [2.75, 3.05) is 7.11 Å². The Bertz CT molecular complexity index is 369. The Hall–Kier alpha value is -1.52. The van der Waals surface area contributed by atoms with Gasteiger partial charge in [-0.3, -0.25) is 4.79 Å². The highest BCUT2D eigenvalue weighted by molar-refractivity contribution is 5.77. The minimum absolute atomic E-state index is 0.472. The van der Waals surface area contributed by atoms with E-state index in [1.54, 1.807) is 6.92 Å². The van der Waals surface area contributed by atoms with Crippen LogP contribution in [0.25, 0.3) is 0 Å². The lowest BCUT2D eigenvalue weighted by Crippen LogP contribution is -2.11. The molecular weight excluding hydrogens is 245 g/mol. The van der Waals surface area contributed by atoms with Crippen molar-refractivity contribution < 1.29 is 22.7 Å². The van der Waals surface area contributed by atoms with Crippen molar-refractivity contribution in [1.29, 1.82) is 0 Å². The quantitative estimate of drug-likeness (QED) is 0.753. The summed E-state index contributed by atoms with van der Waals surface area (Å²) in [6.07, 6.45) is -4.35. The molecule has 0 fully saturated rings. The largest absolute Gasteiger partial charge is 0.469 e. The summed E-state index contributed by atoms with van der Waals surface area (Å²) in [5.41, 5.74) is -0.229. The van der Waals surface area contributed by atoms with Gasteiger partial charge in [0, 0.05) is 0 Å². The molecule has 1 atom stereocenters. The first-order chi connectivity index (χ1) is 8.36. The number of benzene rings is 1. The van der Waals surface area contributed by atoms with E-state index in [9.17, 15) is 18.0 Å². The first-order valence-corrected chi connectivity index (χ1v) is 5.61. The normalized spacial score (nSPS) is 12.2. The third-order valence-electron chi connectivity index (χ3n) is 2.29. The average molecular weight is 262 g/mol. The van der Waals surface area contributed by atoms with Crippen LogP contribution in [0, 0.1) is 0 Å². The summed E-state index contributed by atoms with van der Waals surface area (Å²) in [5, 5.41) is 0. The van der Waals surface area contributed by atoms with Crippen molar-refractivity contribution in [1.82, 2.24) is 0 Å². The van der Waals surface area contributed by atoms with Gasteiger partial charge in [-0.15, -0.1) is 0 Å². The van der Waals surface area contributed by atoms with Crippen LogP contribution in [0.1, 0.15) is 37.8 Å². The first kappa shape index (κ1) is 16.5. The van der Waals surface area contributed by atoms with E-state index in [4.69, 9.17) is 0 Å². The average Bonchev–Trinajstić information content (AvgIpc) is 2.38. The van der Waals surface area contributed by atoms with Gasteiger partial charge in [0.1, 0.15) is 0 Å². The number of alkyl halides is 3. The van der Waals surface area contributed by atoms with Crippen LogP contribution in [0.2, 0.25) is 0 Å². The predicted octanol–water partition coefficient (Wildman–Crippen LogP) is 4.01. The highest BCUT2D eigenvalue weighted by Gasteiger charge is 2.30. The van der Waals surface area contributed by atoms with Gasteiger partial charge in [0.25, 0.3) is 0 Å². The van der Waals surface area contributed by atoms with Gasteiger partial charge in [-0.1, -0.05) is 26.0 Å². The number of hydrogen-bond donors (Lipinski definition) is 0. The fraction of sp³-hybridized carbons (Fsp3) is 0.462. The summed E-state index contributed by atoms with van der Waals surface area (Å²) in [7, 11) is 1.24. The summed E-state index contributed by atoms with van der Waals surface area (Å²) < 4.78 is 41.3. The number of ether oxygens (including phenoxy) is 1. The molecule has 0 aliphatic rings. The molecular formula is C13H17F3O2. The lowest BCUT2D eigenvalue weighted by atomic mass is 10.00. The highest BCUT2D eigenvalue weighted by Crippen LogP contribution is 2.30. The van der Waals surface area contributed by atoms with Crippen LogP contribution in [-0.4, -0.2) is 13.1 Å². The van der Waals surface area contributed by atoms with Gasteiger partial charge in [0.15, 0.2) is 0 Å². The molecule has 1 unspecified atom stereocenters. The fourth-order valence-electron chi connectivity index (χ4n) is 1.27. The predicted molar refractivity (Wildman–Crippen MR) is 63.2 cm³/mol. The van der Waals surface area contributed by atoms with Gasteiger partial charge in [0.05, 0.1) is 18.6 Å². The third kappa shape index (κ3) is 4.39. The monoisotopic (exact) mass is 262 g/mol. The first-order valence-electron chi connectivity index (χ1n) is 5.61. The lowest BCUT2D eigenvalue weighted by Gasteiger charge is -2.11. The number of esters is 1. The van der Waals surface area contributed by atoms with Crippen LogP contribution >= 0.6 is 0 Å². The SMILES string of the molecule is CC.COC(=O)C(C)c1ccc(C(F)(F)F)cc1. The molecule has 0 saturated heterocycles. The maximum atomic E-state index is 12.3. The zero-order valence-electron chi connectivity index (χ0n) is 10.8. The maximum Gasteiger partial charge on any atom is 0.416 e. The Morgan fingerprint density at radius 3 is 1.94 bits per heavy atom. The number of hydrogen-bond acceptors (Lipinski definition) is 2. The molecule has 0 N–H and O–H groups in total. The van der Waals surface area contributed by atoms with Crippen LogP contribution in [0.5, 0.6) is 0 Å². The standard InChI is InChI=1S/C11H11F3O2.C2H6/c1-7(10(15)16-2)8-3-5-9(6-4-8)11(12,13)14;1-2/h3-7H,1-2H3;1-2H3. The van der Waals surface area contributed by atoms with Crippen LogP contribution in [0.15, 0.2) is 24.3 Å². The number of halogens is 3. The van der Waals surface area contributed by atoms with Crippen LogP contribution in [-0.2, 0) is 15.7 Å². The third-order valence-corrected chi connectivity index (χ3v) is 2.29. The molecule has 0 aliphatic carbocycles. The number of carbonyl (C=O) groups is 1. The van der Waals surface area contributed by atoms with Crippen LogP contribution in [0.3, 0.4) is 0 Å². The Balaban J connectivity index is 0.00000137. The highest BCUT2D eigenvalue weighted by atomic mass is 19.4. The van der Waals surface area contributed by atoms with E-state index in [0.717, 1.165) is 12.1 Å². The van der Waals surface area contributed by atoms with Gasteiger partial charge < -0.3 is 4.74 Å². The van der Waals surface area contributed by atoms with E-state index in [-0.39, 0.29) is 0 Å². The maximum absolute atomic E-state index is 12.3. The molecule has 0 radical (unpaired) electrons. The zero-order valence-corrected chi connectivity index (χ0v) is 10.8. The summed E-state index contributed by atoms with van der Waals surface area (Å²) in [5.74, 6) is -1.04. The van der Waals surface area contributed by atoms with Gasteiger partial charge in [-0.2, -0.15) is 13.2 Å². The number of carbonyl (C=O) groups excluding carboxylic acids is 1. The van der Waals surface area contributed by atoms with Crippen molar-refractivity contribution >= 4 is 5.97 Å². The van der Waals surface area contributed by atoms with E-state index >= 15 is 0 Å². The van der Waals surface area contributed by atoms with Gasteiger partial charge in [0.2, 0.25) is 0 Å². The van der Waals surface area contributed by atoms with Crippen LogP contribution < -0.4 is 0 Å². The van der Waals surface area contributed by atoms with E-state index < -0.39 is 23.6 Å². The lowest BCUT2D eigenvalue weighted by molar-refractivity contribution is -0.142. The minimum Gasteiger partial charge on any atom is -0.469 e. The van der Waals surface area contributed by atoms with E-state index in [1.807, 2.05) is 13.8 Å². The van der Waals surface area contributed by atoms with E-state index in [0.29, 0.717) is 5.56 Å². The molecule has 0 bridgehead atoms. The smallest absolute Gasteiger partial charge is 0.416 e. The molecule has 0 aromatic heterocycles. The molecule has 1 aromatic carbocycles. The molecule has 0 spiro atoms. The van der Waals surface area contributed by atoms with E-state index in [1.165, 1.54) is 19.2 Å². The van der Waals surface area contributed by atoms with Crippen molar-refractivity contribution in [3.8, 4) is 0 Å². The van der Waals surface area contributed by atoms with Crippen molar-refractivity contribution in [3.63, 3.8) is 0 Å². The Labute approximate surface area is 105 Å². The molecule has 2 nitrogen and oxygen atoms in total. The number of rotatable bonds is 2. The minimum atomic E-state index is -4.35. The van der Waals surface area contributed by atoms with Crippen LogP contribution in [0.4, 0.5) is 13.2 Å². The number of methoxy groups -OCH3 is 1. The summed E-state index contributed by atoms with van der Waals surface area (Å²) >= 11 is 0. The Morgan fingerprint density at radius 1 is 1.17 bits per heavy atom. The molecule has 0 aliphatic heterocycles. The molecule has 1 rings (SSSR count). The summed E-state index contributed by atoms with van der Waals surface area (Å²) in [4.78, 5) is 11.1. The molecule has 102 valence electrons. The second kappa shape index (κ2) is 7.03. The zero-order chi connectivity index (χ0) is 14.3. The fourth-order valence-corrected chi connectivity index (χ4v) is 1.27. The second-order valence-electron chi connectivity index (χ2n) is 3.36. The Morgan fingerprint density at radius 2 is 1.61 bits per heavy atom. The van der Waals surface area contributed by atoms with Crippen molar-refractivity contribution in [2.45, 2.75) is 32.9 Å². The topological polar surface area (TPSA) is 26.3 Å². The molecule has 0 saturated carbocycles. The van der Waals surface area contributed by atoms with Gasteiger partial charge in [-0.25, -0.2) is 0 Å². The van der Waals surface area contributed by atoms with Gasteiger partial charge >= 0.3 is 12.1 Å². The van der Waals surface area contributed by atoms with Crippen molar-refractivity contribution in [3.05, 3.63) is 35.4 Å². The Kier molecular flexibility index (Phi) is 6.44. The molecule has 0 heterocycles. The van der Waals surface area contributed by atoms with Gasteiger partial charge in [-0.05, 0) is 24.6 Å². The molecule has 5 heteroatoms. The summed E-state index contributed by atoms with van der Waals surface area (Å²) in [6, 6.07) is 4.47. The molecule has 1 aromatic rings. The van der Waals surface area contributed by atoms with E-state index in [2.05, 4.69) is 4.74 Å². The van der Waals surface area contributed by atoms with Crippen molar-refractivity contribution in [2.24, 2.45) is 0 Å².